The van der Waals surface area contributed by atoms with Crippen molar-refractivity contribution in [3.8, 4) is 29.3 Å². The van der Waals surface area contributed by atoms with E-state index in [0.29, 0.717) is 0 Å². The van der Waals surface area contributed by atoms with Crippen LogP contribution in [0, 0.1) is 63.7 Å². The van der Waals surface area contributed by atoms with Gasteiger partial charge in [0, 0.05) is 45.6 Å². The molecule has 4 aromatic heterocycles. The number of benzene rings is 17. The molecule has 7 aliphatic rings. The van der Waals surface area contributed by atoms with Crippen LogP contribution in [-0.2, 0) is 47.2 Å². The second-order valence-corrected chi connectivity index (χ2v) is 41.3. The van der Waals surface area contributed by atoms with Crippen molar-refractivity contribution in [2.24, 2.45) is 0 Å². The third-order valence-corrected chi connectivity index (χ3v) is 38.7. The average molecular weight is 1500 g/mol. The molecule has 2 spiro atoms. The monoisotopic (exact) mass is 1500 g/mol. The molecule has 3 fully saturated rings. The minimum absolute atomic E-state index is 0. The molecular formula is C104H53FeNS4+2. The number of likely N-dealkylation sites (tertiary alicyclic amines) is 1. The summed E-state index contributed by atoms with van der Waals surface area (Å²) in [5, 5.41) is 91.0. The molecule has 32 aromatic rings. The maximum atomic E-state index is 3.07. The first-order valence-corrected chi connectivity index (χ1v) is 44.7. The Bertz CT molecular complexity index is 9330. The molecule has 110 heavy (non-hydrogen) atoms. The van der Waals surface area contributed by atoms with E-state index in [1.54, 1.807) is 339 Å². The zero-order chi connectivity index (χ0) is 68.3. The standard InChI is InChI=1S/C99H48NS4.C5H5.Fe/c1-4-6-8-10-18-29-25-31(20-14-17-28-15-12-13-16-28)101-95(29)34-23-21-32(102-34)33-22-24-35(103-33)96-30(19-11-9-7-5-2)26-36(104-96)97-99-93-86-78-66-58-49-40-38-37-39-43(40)52-59-57-48(39)50-46-41(37)44-45-42(38)47-51(49)64(66)72-70-56(47)54(45)62-61-53(44)55(46)69-71-63(50)65(57)77-79-67(59)68(60(52)58)80(78)89(93)88(79)91-84(77)82(71)85-75(69)73(61)81-74(62)76(70)87(83(72)86)94(99)90(81)92(85)98(91,99)27-100(97)3;1-2-4-5-3-1;/h12-13,15-16,21-26,97H,4-11,14,17-20,27H2,1-3H3;1-5H;/q;;+2. The second-order valence-electron chi connectivity index (χ2n) is 36.9. The molecule has 10 radical (unpaired) electrons. The third-order valence-electron chi connectivity index (χ3n) is 33.5. The summed E-state index contributed by atoms with van der Waals surface area (Å²) in [6, 6.07) is 15.7. The van der Waals surface area contributed by atoms with Gasteiger partial charge in [0.15, 0.2) is 0 Å². The fraction of sp³-hybridized carbons (Fsp3) is 0.192. The Hall–Kier alpha value is -8.26. The molecule has 5 heterocycles. The maximum absolute atomic E-state index is 3.07. The van der Waals surface area contributed by atoms with Crippen LogP contribution in [0.5, 0.6) is 0 Å². The van der Waals surface area contributed by atoms with Crippen LogP contribution in [0.4, 0.5) is 0 Å². The molecule has 1 saturated heterocycles. The summed E-state index contributed by atoms with van der Waals surface area (Å²) in [5.41, 5.74) is 9.71. The number of rotatable bonds is 18. The zero-order valence-electron chi connectivity index (χ0n) is 60.1. The van der Waals surface area contributed by atoms with E-state index in [1.807, 2.05) is 32.1 Å². The van der Waals surface area contributed by atoms with Crippen molar-refractivity contribution in [2.75, 3.05) is 13.6 Å². The van der Waals surface area contributed by atoms with Crippen LogP contribution >= 0.6 is 45.3 Å². The molecule has 28 aromatic carbocycles. The van der Waals surface area contributed by atoms with E-state index in [2.05, 4.69) is 133 Å². The quantitative estimate of drug-likeness (QED) is 0.0470. The fourth-order valence-electron chi connectivity index (χ4n) is 31.5. The minimum atomic E-state index is -0.372. The Kier molecular flexibility index (Phi) is 8.07. The minimum Gasteiger partial charge on any atom is -0.296 e. The number of nitrogens with zero attached hydrogens (tertiary/aromatic N) is 1. The summed E-state index contributed by atoms with van der Waals surface area (Å²) in [6.45, 7) is 5.78. The second kappa shape index (κ2) is 16.1. The Morgan fingerprint density at radius 2 is 0.609 bits per heavy atom. The van der Waals surface area contributed by atoms with Crippen LogP contribution in [0.15, 0.2) is 36.4 Å². The van der Waals surface area contributed by atoms with Gasteiger partial charge >= 0.3 is 17.1 Å². The van der Waals surface area contributed by atoms with Gasteiger partial charge in [0.2, 0.25) is 0 Å². The molecule has 504 valence electrons. The molecule has 1 nitrogen and oxygen atoms in total. The van der Waals surface area contributed by atoms with E-state index >= 15 is 0 Å². The van der Waals surface area contributed by atoms with E-state index in [9.17, 15) is 0 Å². The summed E-state index contributed by atoms with van der Waals surface area (Å²) in [4.78, 5) is 15.2. The van der Waals surface area contributed by atoms with Crippen molar-refractivity contribution in [2.45, 2.75) is 114 Å². The van der Waals surface area contributed by atoms with Crippen molar-refractivity contribution in [1.29, 1.82) is 0 Å². The van der Waals surface area contributed by atoms with Crippen molar-refractivity contribution in [3.05, 3.63) is 143 Å². The maximum Gasteiger partial charge on any atom is 2.00 e. The third kappa shape index (κ3) is 4.44. The van der Waals surface area contributed by atoms with E-state index in [0.717, 1.165) is 25.8 Å². The summed E-state index contributed by atoms with van der Waals surface area (Å²) in [5.74, 6) is 1.48. The molecule has 0 amide bonds. The Morgan fingerprint density at radius 3 is 1.01 bits per heavy atom. The number of hydrogen-bond donors (Lipinski definition) is 0. The first-order valence-electron chi connectivity index (χ1n) is 41.4. The first-order chi connectivity index (χ1) is 54.1. The summed E-state index contributed by atoms with van der Waals surface area (Å²) >= 11 is 8.51. The summed E-state index contributed by atoms with van der Waals surface area (Å²) in [7, 11) is 2.67. The number of hydrogen-bond acceptors (Lipinski definition) is 5. The molecule has 1 aliphatic heterocycles. The van der Waals surface area contributed by atoms with Crippen molar-refractivity contribution in [3.63, 3.8) is 0 Å². The van der Waals surface area contributed by atoms with Crippen LogP contribution in [0.2, 0.25) is 0 Å². The number of likely N-dealkylation sites (N-methyl/N-ethyl adjacent to an activating group) is 1. The SMILES string of the molecule is CCCCCCc1cc(CCC[C]2[CH][CH][CH][CH]2)sc1-c1ccc(-c2ccc(-c3sc(C4N(C)CC56c7c8c9c%10c%11c%12c(c%13c%14c5c5c%15c7c7c%16c8c8c%10c%10c%11c%11c%17c%12c%13c%12c%13c%14c5c5c%14c%15c7c7c%15c%16c8c8c%10c%10c%11c%11c%17c%12c%12c%13c5c5c%14c7c7c%15c8c%10c8c%11c%12c5c78)C946)cc3CCCCCC)s2)s1.[CH]1[CH][CH][CH][CH]1.[Fe+2]. The van der Waals surface area contributed by atoms with E-state index in [-0.39, 0.29) is 33.9 Å². The van der Waals surface area contributed by atoms with Gasteiger partial charge in [-0.3, -0.25) is 4.90 Å². The van der Waals surface area contributed by atoms with Crippen LogP contribution in [-0.4, -0.2) is 18.5 Å². The van der Waals surface area contributed by atoms with Crippen LogP contribution < -0.4 is 0 Å². The number of thiophene rings is 4. The van der Waals surface area contributed by atoms with Gasteiger partial charge < -0.3 is 0 Å². The van der Waals surface area contributed by atoms with Crippen LogP contribution in [0.3, 0.4) is 0 Å². The zero-order valence-corrected chi connectivity index (χ0v) is 64.4. The predicted octanol–water partition coefficient (Wildman–Crippen LogP) is 30.2. The first kappa shape index (κ1) is 55.2. The molecule has 0 N–H and O–H groups in total. The van der Waals surface area contributed by atoms with Gasteiger partial charge in [-0.25, -0.2) is 0 Å². The average Bonchev–Trinajstić information content (AvgIpc) is 1.38. The van der Waals surface area contributed by atoms with Gasteiger partial charge in [-0.15, -0.1) is 45.3 Å². The molecular weight excluding hydrogens is 1450 g/mol. The summed E-state index contributed by atoms with van der Waals surface area (Å²) < 4.78 is 0. The normalized spacial score (nSPS) is 21.0. The van der Waals surface area contributed by atoms with E-state index in [1.165, 1.54) is 94.5 Å². The van der Waals surface area contributed by atoms with Gasteiger partial charge in [0.05, 0.1) is 16.9 Å². The molecule has 6 heteroatoms. The Labute approximate surface area is 652 Å². The molecule has 3 unspecified atom stereocenters. The molecule has 2 saturated carbocycles. The van der Waals surface area contributed by atoms with Crippen LogP contribution in [0.25, 0.3) is 320 Å². The summed E-state index contributed by atoms with van der Waals surface area (Å²) in [6.07, 6.45) is 35.1. The topological polar surface area (TPSA) is 3.24 Å². The van der Waals surface area contributed by atoms with Gasteiger partial charge in [-0.05, 0) is 476 Å². The predicted molar refractivity (Wildman–Crippen MR) is 474 cm³/mol. The molecule has 6 aliphatic carbocycles. The number of unbranched alkanes of at least 4 members (excludes halogenated alkanes) is 6. The van der Waals surface area contributed by atoms with Crippen LogP contribution in [0.1, 0.15) is 127 Å². The van der Waals surface area contributed by atoms with Crippen molar-refractivity contribution >= 4 is 336 Å². The Morgan fingerprint density at radius 1 is 0.300 bits per heavy atom. The largest absolute Gasteiger partial charge is 2.00 e. The van der Waals surface area contributed by atoms with Gasteiger partial charge in [0.1, 0.15) is 0 Å². The number of aryl methyl sites for hydroxylation is 3. The Balaban J connectivity index is 0.000000916. The van der Waals surface area contributed by atoms with Crippen molar-refractivity contribution in [1.82, 2.24) is 4.90 Å². The smallest absolute Gasteiger partial charge is 0.296 e. The fourth-order valence-corrected chi connectivity index (χ4v) is 36.6. The molecule has 0 bridgehead atoms. The van der Waals surface area contributed by atoms with E-state index < -0.39 is 0 Å². The molecule has 39 rings (SSSR count). The van der Waals surface area contributed by atoms with E-state index in [4.69, 9.17) is 0 Å². The molecule has 3 atom stereocenters. The van der Waals surface area contributed by atoms with Gasteiger partial charge in [-0.2, -0.15) is 0 Å². The van der Waals surface area contributed by atoms with Gasteiger partial charge in [0.25, 0.3) is 0 Å². The van der Waals surface area contributed by atoms with Gasteiger partial charge in [-0.1, -0.05) is 52.4 Å². The van der Waals surface area contributed by atoms with Crippen molar-refractivity contribution < 1.29 is 17.1 Å².